The largest absolute Gasteiger partial charge is 0.455 e. The zero-order valence-corrected chi connectivity index (χ0v) is 25.1. The van der Waals surface area contributed by atoms with Gasteiger partial charge in [-0.3, -0.25) is 19.2 Å². The summed E-state index contributed by atoms with van der Waals surface area (Å²) >= 11 is 0. The Morgan fingerprint density at radius 3 is 2.44 bits per heavy atom. The second kappa shape index (κ2) is 13.4. The molecule has 236 valence electrons. The van der Waals surface area contributed by atoms with Gasteiger partial charge in [-0.2, -0.15) is 0 Å². The summed E-state index contributed by atoms with van der Waals surface area (Å²) in [4.78, 5) is 58.9. The molecule has 2 aromatic carbocycles. The summed E-state index contributed by atoms with van der Waals surface area (Å²) < 4.78 is 12.6. The quantitative estimate of drug-likeness (QED) is 0.280. The van der Waals surface area contributed by atoms with Crippen molar-refractivity contribution in [2.75, 3.05) is 26.2 Å². The Labute approximate surface area is 262 Å². The van der Waals surface area contributed by atoms with Crippen LogP contribution in [0.2, 0.25) is 0 Å². The van der Waals surface area contributed by atoms with Crippen LogP contribution in [0.25, 0.3) is 0 Å². The number of allylic oxidation sites excluding steroid dienone is 1. The first-order valence-corrected chi connectivity index (χ1v) is 15.7. The second-order valence-electron chi connectivity index (χ2n) is 12.0. The smallest absolute Gasteiger partial charge is 0.313 e. The Kier molecular flexibility index (Phi) is 9.14. The molecule has 2 saturated heterocycles. The molecular weight excluding hydrogens is 574 g/mol. The molecule has 2 fully saturated rings. The number of carbonyl (C=O) groups is 4. The van der Waals surface area contributed by atoms with E-state index < -0.39 is 41.7 Å². The van der Waals surface area contributed by atoms with Gasteiger partial charge in [-0.1, -0.05) is 85.0 Å². The number of ether oxygens (including phenoxy) is 2. The van der Waals surface area contributed by atoms with Crippen LogP contribution in [0.15, 0.2) is 85.0 Å². The first-order valence-electron chi connectivity index (χ1n) is 15.7. The summed E-state index contributed by atoms with van der Waals surface area (Å²) in [5.41, 5.74) is 0.312. The number of aliphatic hydroxyl groups is 1. The first-order chi connectivity index (χ1) is 21.9. The maximum absolute atomic E-state index is 14.6. The lowest BCUT2D eigenvalue weighted by molar-refractivity contribution is -0.159. The van der Waals surface area contributed by atoms with Gasteiger partial charge in [-0.15, -0.1) is 0 Å². The third-order valence-electron chi connectivity index (χ3n) is 9.16. The fraction of sp³-hybridized carbons (Fsp3) is 0.429. The van der Waals surface area contributed by atoms with Crippen LogP contribution in [-0.4, -0.2) is 82.6 Å². The predicted molar refractivity (Wildman–Crippen MR) is 164 cm³/mol. The number of amides is 3. The highest BCUT2D eigenvalue weighted by atomic mass is 16.6. The van der Waals surface area contributed by atoms with E-state index in [0.717, 1.165) is 5.56 Å². The average Bonchev–Trinajstić information content (AvgIpc) is 3.70. The highest BCUT2D eigenvalue weighted by molar-refractivity contribution is 5.99. The third kappa shape index (κ3) is 6.04. The van der Waals surface area contributed by atoms with Crippen LogP contribution in [0.1, 0.15) is 42.9 Å². The number of aliphatic hydroxyl groups excluding tert-OH is 1. The van der Waals surface area contributed by atoms with E-state index in [1.54, 1.807) is 22.0 Å². The van der Waals surface area contributed by atoms with E-state index in [9.17, 15) is 24.3 Å². The number of likely N-dealkylation sites (tertiary alicyclic amines) is 1. The molecule has 0 unspecified atom stereocenters. The third-order valence-corrected chi connectivity index (χ3v) is 9.16. The van der Waals surface area contributed by atoms with Gasteiger partial charge < -0.3 is 29.7 Å². The zero-order valence-electron chi connectivity index (χ0n) is 25.1. The van der Waals surface area contributed by atoms with Gasteiger partial charge in [0.1, 0.15) is 23.7 Å². The minimum absolute atomic E-state index is 0.0367. The van der Waals surface area contributed by atoms with E-state index in [2.05, 4.69) is 5.32 Å². The number of rotatable bonds is 7. The van der Waals surface area contributed by atoms with Gasteiger partial charge in [0.05, 0.1) is 18.6 Å². The summed E-state index contributed by atoms with van der Waals surface area (Å²) in [7, 11) is 0. The van der Waals surface area contributed by atoms with Crippen LogP contribution in [0, 0.1) is 11.8 Å². The van der Waals surface area contributed by atoms with Crippen molar-refractivity contribution in [1.29, 1.82) is 0 Å². The number of nitrogens with zero attached hydrogens (tertiary/aromatic N) is 2. The van der Waals surface area contributed by atoms with E-state index in [4.69, 9.17) is 9.47 Å². The van der Waals surface area contributed by atoms with Gasteiger partial charge in [0.2, 0.25) is 17.7 Å². The molecule has 0 radical (unpaired) electrons. The van der Waals surface area contributed by atoms with Crippen molar-refractivity contribution in [3.05, 3.63) is 96.1 Å². The number of carbonyl (C=O) groups excluding carboxylic acids is 4. The molecule has 45 heavy (non-hydrogen) atoms. The molecule has 5 bridgehead atoms. The summed E-state index contributed by atoms with van der Waals surface area (Å²) in [6.07, 6.45) is 7.47. The van der Waals surface area contributed by atoms with Gasteiger partial charge in [-0.05, 0) is 30.4 Å². The summed E-state index contributed by atoms with van der Waals surface area (Å²) in [5, 5.41) is 12.4. The predicted octanol–water partition coefficient (Wildman–Crippen LogP) is 2.69. The van der Waals surface area contributed by atoms with Gasteiger partial charge in [0, 0.05) is 32.7 Å². The molecule has 2 N–H and O–H groups in total. The van der Waals surface area contributed by atoms with Crippen LogP contribution in [0.5, 0.6) is 0 Å². The number of fused-ring (bicyclic) bond motifs is 2. The molecule has 3 amide bonds. The monoisotopic (exact) mass is 613 g/mol. The molecule has 0 aromatic heterocycles. The molecule has 4 aliphatic heterocycles. The zero-order chi connectivity index (χ0) is 31.4. The first kappa shape index (κ1) is 30.7. The van der Waals surface area contributed by atoms with E-state index in [0.29, 0.717) is 31.4 Å². The number of nitrogens with one attached hydrogen (secondary N) is 1. The molecule has 4 aliphatic rings. The summed E-state index contributed by atoms with van der Waals surface area (Å²) in [5.74, 6) is -3.31. The Morgan fingerprint density at radius 1 is 0.933 bits per heavy atom. The molecule has 0 saturated carbocycles. The lowest BCUT2D eigenvalue weighted by Crippen LogP contribution is -2.55. The number of hydrogen-bond donors (Lipinski definition) is 2. The molecule has 6 atom stereocenters. The van der Waals surface area contributed by atoms with Crippen molar-refractivity contribution in [2.45, 2.75) is 56.1 Å². The van der Waals surface area contributed by atoms with E-state index in [1.165, 1.54) is 0 Å². The molecule has 2 aromatic rings. The molecule has 1 spiro atoms. The van der Waals surface area contributed by atoms with Gasteiger partial charge in [0.25, 0.3) is 0 Å². The number of benzene rings is 2. The standard InChI is InChI=1S/C35H39N3O7/c39-21-11-10-20-38-31-33(42)37(23-24-12-4-1-5-13-24)19-9-3-8-16-28(40)36-22-27(25-14-6-2-7-15-25)44-34(43)29-26-17-18-35(31,45-26)30(29)32(38)41/h1-7,9,12-15,17-18,26-27,29-31,39H,8,10-11,16,19-23H2,(H,36,40)/b9-3-/t26-,27-,29+,30+,31-,35+/m1/s1. The van der Waals surface area contributed by atoms with Crippen molar-refractivity contribution < 1.29 is 33.8 Å². The molecule has 10 nitrogen and oxygen atoms in total. The molecular formula is C35H39N3O7. The lowest BCUT2D eigenvalue weighted by atomic mass is 9.74. The van der Waals surface area contributed by atoms with E-state index in [-0.39, 0.29) is 50.4 Å². The number of unbranched alkanes of at least 4 members (excludes halogenated alkanes) is 1. The van der Waals surface area contributed by atoms with Crippen molar-refractivity contribution in [3.63, 3.8) is 0 Å². The highest BCUT2D eigenvalue weighted by Gasteiger charge is 2.73. The maximum Gasteiger partial charge on any atom is 0.313 e. The van der Waals surface area contributed by atoms with Crippen LogP contribution >= 0.6 is 0 Å². The minimum Gasteiger partial charge on any atom is -0.455 e. The van der Waals surface area contributed by atoms with Crippen LogP contribution < -0.4 is 5.32 Å². The van der Waals surface area contributed by atoms with E-state index >= 15 is 0 Å². The molecule has 10 heteroatoms. The topological polar surface area (TPSA) is 125 Å². The van der Waals surface area contributed by atoms with Crippen LogP contribution in [0.4, 0.5) is 0 Å². The Balaban J connectivity index is 1.39. The fourth-order valence-corrected chi connectivity index (χ4v) is 7.00. The number of cyclic esters (lactones) is 1. The number of esters is 1. The SMILES string of the molecule is O=C1CC/C=C\CN(Cc2ccccc2)C(=O)[C@H]2N(CCCCO)C(=O)[C@@H]3[C@@H](C(=O)O[C@@H](c4ccccc4)CN1)[C@H]1C=C[C@]32O1. The Morgan fingerprint density at radius 2 is 1.69 bits per heavy atom. The maximum atomic E-state index is 14.6. The van der Waals surface area contributed by atoms with Gasteiger partial charge in [0.15, 0.2) is 0 Å². The summed E-state index contributed by atoms with van der Waals surface area (Å²) in [6, 6.07) is 17.8. The number of hydrogen-bond acceptors (Lipinski definition) is 7. The van der Waals surface area contributed by atoms with Crippen molar-refractivity contribution >= 4 is 23.7 Å². The molecule has 0 aliphatic carbocycles. The van der Waals surface area contributed by atoms with Crippen molar-refractivity contribution in [3.8, 4) is 0 Å². The normalized spacial score (nSPS) is 30.7. The van der Waals surface area contributed by atoms with Crippen molar-refractivity contribution in [1.82, 2.24) is 15.1 Å². The molecule has 6 rings (SSSR count). The lowest BCUT2D eigenvalue weighted by Gasteiger charge is -2.36. The highest BCUT2D eigenvalue weighted by Crippen LogP contribution is 2.56. The van der Waals surface area contributed by atoms with Crippen LogP contribution in [-0.2, 0) is 35.2 Å². The average molecular weight is 614 g/mol. The second-order valence-corrected chi connectivity index (χ2v) is 12.0. The van der Waals surface area contributed by atoms with Gasteiger partial charge >= 0.3 is 5.97 Å². The Hall–Kier alpha value is -4.28. The molecule has 4 heterocycles. The van der Waals surface area contributed by atoms with Gasteiger partial charge in [-0.25, -0.2) is 0 Å². The summed E-state index contributed by atoms with van der Waals surface area (Å²) in [6.45, 7) is 0.851. The van der Waals surface area contributed by atoms with Crippen molar-refractivity contribution in [2.24, 2.45) is 11.8 Å². The minimum atomic E-state index is -1.33. The fourth-order valence-electron chi connectivity index (χ4n) is 7.00. The van der Waals surface area contributed by atoms with Crippen LogP contribution in [0.3, 0.4) is 0 Å². The Bertz CT molecular complexity index is 1460. The van der Waals surface area contributed by atoms with E-state index in [1.807, 2.05) is 72.8 Å².